The van der Waals surface area contributed by atoms with Gasteiger partial charge in [0.1, 0.15) is 0 Å². The molecule has 0 saturated carbocycles. The summed E-state index contributed by atoms with van der Waals surface area (Å²) in [5, 5.41) is 10.3. The van der Waals surface area contributed by atoms with Gasteiger partial charge in [0.2, 0.25) is 0 Å². The Morgan fingerprint density at radius 1 is 1.43 bits per heavy atom. The molecule has 0 saturated heterocycles. The first-order chi connectivity index (χ1) is 6.65. The second-order valence-corrected chi connectivity index (χ2v) is 2.19. The van der Waals surface area contributed by atoms with Gasteiger partial charge in [0.25, 0.3) is 5.69 Å². The quantitative estimate of drug-likeness (QED) is 0.339. The van der Waals surface area contributed by atoms with E-state index >= 15 is 0 Å². The Kier molecular flexibility index (Phi) is 4.91. The molecule has 0 atom stereocenters. The SMILES string of the molecule is CC.Nc1ccc([N+](=O)[O-])c(C=O)c1. The summed E-state index contributed by atoms with van der Waals surface area (Å²) in [5.41, 5.74) is 5.43. The summed E-state index contributed by atoms with van der Waals surface area (Å²) in [6, 6.07) is 3.86. The van der Waals surface area contributed by atoms with E-state index in [2.05, 4.69) is 0 Å². The average molecular weight is 196 g/mol. The number of hydrogen-bond acceptors (Lipinski definition) is 4. The van der Waals surface area contributed by atoms with Crippen LogP contribution < -0.4 is 5.73 Å². The van der Waals surface area contributed by atoms with E-state index < -0.39 is 4.92 Å². The first-order valence-corrected chi connectivity index (χ1v) is 4.14. The van der Waals surface area contributed by atoms with Crippen LogP contribution in [0.1, 0.15) is 24.2 Å². The van der Waals surface area contributed by atoms with Gasteiger partial charge in [-0.1, -0.05) is 13.8 Å². The summed E-state index contributed by atoms with van der Waals surface area (Å²) in [4.78, 5) is 20.0. The Labute approximate surface area is 81.7 Å². The highest BCUT2D eigenvalue weighted by Gasteiger charge is 2.11. The van der Waals surface area contributed by atoms with Crippen molar-refractivity contribution in [2.45, 2.75) is 13.8 Å². The molecule has 76 valence electrons. The minimum atomic E-state index is -0.622. The molecule has 14 heavy (non-hydrogen) atoms. The van der Waals surface area contributed by atoms with Gasteiger partial charge >= 0.3 is 0 Å². The summed E-state index contributed by atoms with van der Waals surface area (Å²) in [5.74, 6) is 0. The summed E-state index contributed by atoms with van der Waals surface area (Å²) in [7, 11) is 0. The van der Waals surface area contributed by atoms with Crippen LogP contribution in [0.15, 0.2) is 18.2 Å². The van der Waals surface area contributed by atoms with E-state index in [1.807, 2.05) is 13.8 Å². The average Bonchev–Trinajstić information content (AvgIpc) is 2.20. The third-order valence-corrected chi connectivity index (χ3v) is 1.38. The van der Waals surface area contributed by atoms with E-state index in [4.69, 9.17) is 5.73 Å². The number of hydrogen-bond donors (Lipinski definition) is 1. The Morgan fingerprint density at radius 2 is 2.00 bits per heavy atom. The Hall–Kier alpha value is -1.91. The molecule has 0 radical (unpaired) electrons. The van der Waals surface area contributed by atoms with Crippen molar-refractivity contribution in [2.24, 2.45) is 0 Å². The predicted molar refractivity (Wildman–Crippen MR) is 54.2 cm³/mol. The van der Waals surface area contributed by atoms with Gasteiger partial charge < -0.3 is 5.73 Å². The van der Waals surface area contributed by atoms with E-state index in [9.17, 15) is 14.9 Å². The lowest BCUT2D eigenvalue weighted by Crippen LogP contribution is -1.95. The Bertz CT molecular complexity index is 337. The lowest BCUT2D eigenvalue weighted by Gasteiger charge is -1.95. The maximum absolute atomic E-state index is 10.3. The van der Waals surface area contributed by atoms with E-state index in [1.165, 1.54) is 18.2 Å². The Balaban J connectivity index is 0.000000791. The number of aldehydes is 1. The molecule has 0 amide bonds. The highest BCUT2D eigenvalue weighted by molar-refractivity contribution is 5.83. The highest BCUT2D eigenvalue weighted by atomic mass is 16.6. The van der Waals surface area contributed by atoms with Crippen molar-refractivity contribution in [3.05, 3.63) is 33.9 Å². The van der Waals surface area contributed by atoms with Gasteiger partial charge in [-0.15, -0.1) is 0 Å². The zero-order valence-corrected chi connectivity index (χ0v) is 8.06. The zero-order valence-electron chi connectivity index (χ0n) is 8.06. The van der Waals surface area contributed by atoms with Crippen LogP contribution in [-0.2, 0) is 0 Å². The van der Waals surface area contributed by atoms with Gasteiger partial charge in [0.05, 0.1) is 10.5 Å². The molecule has 1 rings (SSSR count). The van der Waals surface area contributed by atoms with E-state index in [0.717, 1.165) is 0 Å². The Morgan fingerprint density at radius 3 is 2.43 bits per heavy atom. The van der Waals surface area contributed by atoms with Crippen molar-refractivity contribution in [1.82, 2.24) is 0 Å². The van der Waals surface area contributed by atoms with Crippen LogP contribution in [0.3, 0.4) is 0 Å². The smallest absolute Gasteiger partial charge is 0.280 e. The predicted octanol–water partition coefficient (Wildman–Crippen LogP) is 2.02. The minimum absolute atomic E-state index is 0.000000000000000444. The number of nitrogen functional groups attached to an aromatic ring is 1. The third kappa shape index (κ3) is 2.85. The number of rotatable bonds is 2. The summed E-state index contributed by atoms with van der Waals surface area (Å²) in [6.45, 7) is 4.00. The third-order valence-electron chi connectivity index (χ3n) is 1.38. The number of benzene rings is 1. The number of nitro groups is 1. The highest BCUT2D eigenvalue weighted by Crippen LogP contribution is 2.18. The van der Waals surface area contributed by atoms with Crippen molar-refractivity contribution in [3.8, 4) is 0 Å². The molecule has 0 aromatic heterocycles. The number of nitrogens with zero attached hydrogens (tertiary/aromatic N) is 1. The van der Waals surface area contributed by atoms with Crippen molar-refractivity contribution < 1.29 is 9.72 Å². The second kappa shape index (κ2) is 5.69. The summed E-state index contributed by atoms with van der Waals surface area (Å²) >= 11 is 0. The lowest BCUT2D eigenvalue weighted by atomic mass is 10.2. The molecule has 0 heterocycles. The number of nitrogens with two attached hydrogens (primary N) is 1. The standard InChI is InChI=1S/C7H6N2O3.C2H6/c8-6-1-2-7(9(11)12)5(3-6)4-10;1-2/h1-4H,8H2;1-2H3. The van der Waals surface area contributed by atoms with Crippen molar-refractivity contribution in [3.63, 3.8) is 0 Å². The molecule has 1 aromatic rings. The van der Waals surface area contributed by atoms with Crippen LogP contribution in [-0.4, -0.2) is 11.2 Å². The number of nitro benzene ring substituents is 1. The van der Waals surface area contributed by atoms with Gasteiger partial charge in [0.15, 0.2) is 6.29 Å². The van der Waals surface area contributed by atoms with Crippen LogP contribution in [0, 0.1) is 10.1 Å². The maximum atomic E-state index is 10.3. The normalized spacial score (nSPS) is 8.43. The van der Waals surface area contributed by atoms with Crippen molar-refractivity contribution in [2.75, 3.05) is 5.73 Å². The molecule has 0 aliphatic rings. The van der Waals surface area contributed by atoms with Gasteiger partial charge in [-0.05, 0) is 12.1 Å². The van der Waals surface area contributed by atoms with Crippen molar-refractivity contribution >= 4 is 17.7 Å². The molecule has 5 nitrogen and oxygen atoms in total. The van der Waals surface area contributed by atoms with E-state index in [1.54, 1.807) is 0 Å². The molecule has 2 N–H and O–H groups in total. The van der Waals surface area contributed by atoms with Crippen LogP contribution in [0.2, 0.25) is 0 Å². The first kappa shape index (κ1) is 12.1. The lowest BCUT2D eigenvalue weighted by molar-refractivity contribution is -0.385. The zero-order chi connectivity index (χ0) is 11.1. The first-order valence-electron chi connectivity index (χ1n) is 4.14. The van der Waals surface area contributed by atoms with Crippen LogP contribution in [0.5, 0.6) is 0 Å². The minimum Gasteiger partial charge on any atom is -0.399 e. The summed E-state index contributed by atoms with van der Waals surface area (Å²) < 4.78 is 0. The monoisotopic (exact) mass is 196 g/mol. The van der Waals surface area contributed by atoms with Gasteiger partial charge in [-0.25, -0.2) is 0 Å². The number of carbonyl (C=O) groups excluding carboxylic acids is 1. The fourth-order valence-corrected chi connectivity index (χ4v) is 0.834. The molecule has 0 aliphatic carbocycles. The molecule has 0 fully saturated rings. The van der Waals surface area contributed by atoms with E-state index in [0.29, 0.717) is 12.0 Å². The summed E-state index contributed by atoms with van der Waals surface area (Å²) in [6.07, 6.45) is 0.411. The number of anilines is 1. The molecular weight excluding hydrogens is 184 g/mol. The molecule has 1 aromatic carbocycles. The fraction of sp³-hybridized carbons (Fsp3) is 0.222. The van der Waals surface area contributed by atoms with Crippen molar-refractivity contribution in [1.29, 1.82) is 0 Å². The molecule has 0 aliphatic heterocycles. The molecule has 0 unspecified atom stereocenters. The largest absolute Gasteiger partial charge is 0.399 e. The van der Waals surface area contributed by atoms with E-state index in [-0.39, 0.29) is 11.3 Å². The molecule has 0 spiro atoms. The molecule has 5 heteroatoms. The van der Waals surface area contributed by atoms with Crippen LogP contribution in [0.4, 0.5) is 11.4 Å². The van der Waals surface area contributed by atoms with Gasteiger partial charge in [-0.3, -0.25) is 14.9 Å². The van der Waals surface area contributed by atoms with Gasteiger partial charge in [0, 0.05) is 11.8 Å². The topological polar surface area (TPSA) is 86.2 Å². The maximum Gasteiger partial charge on any atom is 0.280 e. The molecular formula is C9H12N2O3. The fourth-order valence-electron chi connectivity index (χ4n) is 0.834. The molecule has 0 bridgehead atoms. The second-order valence-electron chi connectivity index (χ2n) is 2.19. The number of carbonyl (C=O) groups is 1. The van der Waals surface area contributed by atoms with Gasteiger partial charge in [-0.2, -0.15) is 0 Å². The van der Waals surface area contributed by atoms with Crippen LogP contribution in [0.25, 0.3) is 0 Å². The van der Waals surface area contributed by atoms with Crippen LogP contribution >= 0.6 is 0 Å².